The molecule has 2 rings (SSSR count). The Balaban J connectivity index is 2.34. The number of hydrogen-bond acceptors (Lipinski definition) is 5. The average molecular weight is 340 g/mol. The lowest BCUT2D eigenvalue weighted by atomic mass is 10.1. The Bertz CT molecular complexity index is 759. The van der Waals surface area contributed by atoms with Crippen molar-refractivity contribution in [3.63, 3.8) is 0 Å². The topological polar surface area (TPSA) is 101 Å². The normalized spacial score (nSPS) is 10.1. The van der Waals surface area contributed by atoms with E-state index in [2.05, 4.69) is 10.6 Å². The van der Waals surface area contributed by atoms with Crippen molar-refractivity contribution in [1.82, 2.24) is 5.32 Å². The van der Waals surface area contributed by atoms with Crippen molar-refractivity contribution in [1.29, 1.82) is 0 Å². The van der Waals surface area contributed by atoms with Crippen LogP contribution in [0.2, 0.25) is 5.02 Å². The van der Waals surface area contributed by atoms with Gasteiger partial charge in [-0.1, -0.05) is 11.6 Å². The first kappa shape index (κ1) is 15.9. The molecular formula is C13H10ClN3O4S. The zero-order chi connectivity index (χ0) is 16.3. The van der Waals surface area contributed by atoms with Crippen LogP contribution in [0.15, 0.2) is 29.6 Å². The summed E-state index contributed by atoms with van der Waals surface area (Å²) in [7, 11) is 1.47. The fourth-order valence-corrected chi connectivity index (χ4v) is 2.69. The second kappa shape index (κ2) is 6.54. The highest BCUT2D eigenvalue weighted by Gasteiger charge is 2.22. The van der Waals surface area contributed by atoms with E-state index in [1.165, 1.54) is 19.2 Å². The van der Waals surface area contributed by atoms with E-state index in [1.807, 2.05) is 0 Å². The number of nitrogens with zero attached hydrogens (tertiary/aromatic N) is 1. The molecule has 2 N–H and O–H groups in total. The van der Waals surface area contributed by atoms with Crippen molar-refractivity contribution < 1.29 is 14.5 Å². The minimum Gasteiger partial charge on any atom is -0.355 e. The largest absolute Gasteiger partial charge is 0.355 e. The summed E-state index contributed by atoms with van der Waals surface area (Å²) in [6.45, 7) is 0. The number of amides is 2. The van der Waals surface area contributed by atoms with E-state index in [0.717, 1.165) is 17.4 Å². The Morgan fingerprint density at radius 1 is 1.23 bits per heavy atom. The number of anilines is 1. The maximum Gasteiger partial charge on any atom is 0.282 e. The van der Waals surface area contributed by atoms with Gasteiger partial charge in [0.1, 0.15) is 10.6 Å². The smallest absolute Gasteiger partial charge is 0.282 e. The van der Waals surface area contributed by atoms with Crippen LogP contribution in [-0.2, 0) is 0 Å². The maximum absolute atomic E-state index is 12.3. The third-order valence-corrected chi connectivity index (χ3v) is 3.83. The van der Waals surface area contributed by atoms with E-state index in [0.29, 0.717) is 5.00 Å². The standard InChI is InChI=1S/C13H10ClN3O4S/c1-15-11(18)8-4-5-22-13(8)16-12(19)9-6-7(14)2-3-10(9)17(20)21/h2-6H,1H3,(H,15,18)(H,16,19). The third-order valence-electron chi connectivity index (χ3n) is 2.76. The molecule has 0 spiro atoms. The van der Waals surface area contributed by atoms with E-state index in [9.17, 15) is 19.7 Å². The number of thiophene rings is 1. The van der Waals surface area contributed by atoms with Crippen molar-refractivity contribution in [2.24, 2.45) is 0 Å². The van der Waals surface area contributed by atoms with E-state index in [-0.39, 0.29) is 27.7 Å². The Labute approximate surface area is 134 Å². The molecule has 0 atom stereocenters. The fraction of sp³-hybridized carbons (Fsp3) is 0.0769. The quantitative estimate of drug-likeness (QED) is 0.660. The maximum atomic E-state index is 12.3. The lowest BCUT2D eigenvalue weighted by molar-refractivity contribution is -0.385. The Morgan fingerprint density at radius 2 is 1.95 bits per heavy atom. The Kier molecular flexibility index (Phi) is 4.74. The van der Waals surface area contributed by atoms with E-state index in [4.69, 9.17) is 11.6 Å². The number of carbonyl (C=O) groups is 2. The second-order valence-electron chi connectivity index (χ2n) is 4.12. The monoisotopic (exact) mass is 339 g/mol. The summed E-state index contributed by atoms with van der Waals surface area (Å²) >= 11 is 6.93. The molecule has 0 aliphatic rings. The number of nitro benzene ring substituents is 1. The van der Waals surface area contributed by atoms with Crippen molar-refractivity contribution in [3.8, 4) is 0 Å². The Hall–Kier alpha value is -2.45. The summed E-state index contributed by atoms with van der Waals surface area (Å²) in [5.41, 5.74) is -0.251. The molecule has 0 aliphatic carbocycles. The van der Waals surface area contributed by atoms with Gasteiger partial charge in [0.25, 0.3) is 17.5 Å². The molecule has 1 aromatic heterocycles. The minimum atomic E-state index is -0.707. The van der Waals surface area contributed by atoms with Gasteiger partial charge < -0.3 is 10.6 Å². The predicted molar refractivity (Wildman–Crippen MR) is 83.8 cm³/mol. The zero-order valence-corrected chi connectivity index (χ0v) is 12.8. The number of nitro groups is 1. The highest BCUT2D eigenvalue weighted by Crippen LogP contribution is 2.27. The van der Waals surface area contributed by atoms with Crippen LogP contribution in [0.5, 0.6) is 0 Å². The van der Waals surface area contributed by atoms with Crippen LogP contribution >= 0.6 is 22.9 Å². The molecule has 9 heteroatoms. The molecular weight excluding hydrogens is 330 g/mol. The van der Waals surface area contributed by atoms with Gasteiger partial charge in [-0.3, -0.25) is 19.7 Å². The summed E-state index contributed by atoms with van der Waals surface area (Å²) in [4.78, 5) is 34.2. The summed E-state index contributed by atoms with van der Waals surface area (Å²) in [6.07, 6.45) is 0. The first-order valence-corrected chi connectivity index (χ1v) is 7.24. The molecule has 0 radical (unpaired) electrons. The number of halogens is 1. The van der Waals surface area contributed by atoms with Gasteiger partial charge in [0.15, 0.2) is 0 Å². The third kappa shape index (κ3) is 3.23. The van der Waals surface area contributed by atoms with Crippen LogP contribution < -0.4 is 10.6 Å². The number of benzene rings is 1. The molecule has 0 aliphatic heterocycles. The van der Waals surface area contributed by atoms with Gasteiger partial charge in [0, 0.05) is 18.1 Å². The van der Waals surface area contributed by atoms with Crippen LogP contribution in [0.25, 0.3) is 0 Å². The van der Waals surface area contributed by atoms with Crippen LogP contribution in [0.1, 0.15) is 20.7 Å². The van der Waals surface area contributed by atoms with Gasteiger partial charge in [-0.25, -0.2) is 0 Å². The van der Waals surface area contributed by atoms with Gasteiger partial charge in [0.05, 0.1) is 10.5 Å². The predicted octanol–water partition coefficient (Wildman–Crippen LogP) is 2.92. The van der Waals surface area contributed by atoms with Crippen LogP contribution in [-0.4, -0.2) is 23.8 Å². The first-order chi connectivity index (χ1) is 10.4. The fourth-order valence-electron chi connectivity index (χ4n) is 1.74. The van der Waals surface area contributed by atoms with Gasteiger partial charge in [0.2, 0.25) is 0 Å². The molecule has 0 saturated heterocycles. The minimum absolute atomic E-state index is 0.172. The van der Waals surface area contributed by atoms with Gasteiger partial charge in [-0.2, -0.15) is 0 Å². The molecule has 22 heavy (non-hydrogen) atoms. The van der Waals surface area contributed by atoms with Gasteiger partial charge in [-0.05, 0) is 23.6 Å². The van der Waals surface area contributed by atoms with Crippen molar-refractivity contribution >= 4 is 45.4 Å². The number of nitrogens with one attached hydrogen (secondary N) is 2. The van der Waals surface area contributed by atoms with Gasteiger partial charge in [-0.15, -0.1) is 11.3 Å². The molecule has 0 bridgehead atoms. The molecule has 0 saturated carbocycles. The summed E-state index contributed by atoms with van der Waals surface area (Å²) in [6, 6.07) is 5.25. The highest BCUT2D eigenvalue weighted by atomic mass is 35.5. The molecule has 2 amide bonds. The summed E-state index contributed by atoms with van der Waals surface area (Å²) in [5.74, 6) is -1.07. The van der Waals surface area contributed by atoms with Crippen LogP contribution in [0.3, 0.4) is 0 Å². The molecule has 1 heterocycles. The van der Waals surface area contributed by atoms with E-state index < -0.39 is 10.8 Å². The molecule has 0 fully saturated rings. The lowest BCUT2D eigenvalue weighted by Crippen LogP contribution is -2.20. The number of hydrogen-bond donors (Lipinski definition) is 2. The van der Waals surface area contributed by atoms with Crippen molar-refractivity contribution in [3.05, 3.63) is 55.9 Å². The van der Waals surface area contributed by atoms with Crippen molar-refractivity contribution in [2.45, 2.75) is 0 Å². The average Bonchev–Trinajstić information content (AvgIpc) is 2.94. The molecule has 114 valence electrons. The molecule has 0 unspecified atom stereocenters. The zero-order valence-electron chi connectivity index (χ0n) is 11.3. The SMILES string of the molecule is CNC(=O)c1ccsc1NC(=O)c1cc(Cl)ccc1[N+](=O)[O-]. The van der Waals surface area contributed by atoms with Gasteiger partial charge >= 0.3 is 0 Å². The van der Waals surface area contributed by atoms with E-state index in [1.54, 1.807) is 11.4 Å². The molecule has 2 aromatic rings. The number of carbonyl (C=O) groups excluding carboxylic acids is 2. The van der Waals surface area contributed by atoms with E-state index >= 15 is 0 Å². The van der Waals surface area contributed by atoms with Crippen LogP contribution in [0.4, 0.5) is 10.7 Å². The first-order valence-electron chi connectivity index (χ1n) is 5.99. The second-order valence-corrected chi connectivity index (χ2v) is 5.47. The lowest BCUT2D eigenvalue weighted by Gasteiger charge is -2.06. The van der Waals surface area contributed by atoms with Crippen LogP contribution in [0, 0.1) is 10.1 Å². The summed E-state index contributed by atoms with van der Waals surface area (Å²) in [5, 5.41) is 18.1. The summed E-state index contributed by atoms with van der Waals surface area (Å²) < 4.78 is 0. The van der Waals surface area contributed by atoms with Crippen molar-refractivity contribution in [2.75, 3.05) is 12.4 Å². The molecule has 1 aromatic carbocycles. The highest BCUT2D eigenvalue weighted by molar-refractivity contribution is 7.14. The Morgan fingerprint density at radius 3 is 2.59 bits per heavy atom. The number of rotatable bonds is 4. The molecule has 7 nitrogen and oxygen atoms in total.